The van der Waals surface area contributed by atoms with Crippen LogP contribution >= 0.6 is 0 Å². The van der Waals surface area contributed by atoms with Crippen LogP contribution in [0.15, 0.2) is 18.2 Å². The zero-order valence-electron chi connectivity index (χ0n) is 12.9. The fraction of sp³-hybridized carbons (Fsp3) is 0.647. The van der Waals surface area contributed by atoms with Crippen LogP contribution in [0.1, 0.15) is 44.4 Å². The Kier molecular flexibility index (Phi) is 3.51. The first-order valence-corrected chi connectivity index (χ1v) is 7.57. The standard InChI is InChI=1S/C17H25NO2/c1-11(18-15-10-16(19-4)17(15,2)3)12-5-6-14-13(9-12)7-8-20-14/h5-6,9,11,15-16,18H,7-8,10H2,1-4H3. The van der Waals surface area contributed by atoms with Gasteiger partial charge < -0.3 is 14.8 Å². The van der Waals surface area contributed by atoms with E-state index in [0.717, 1.165) is 25.2 Å². The highest BCUT2D eigenvalue weighted by Gasteiger charge is 2.48. The monoisotopic (exact) mass is 275 g/mol. The van der Waals surface area contributed by atoms with Crippen LogP contribution in [-0.2, 0) is 11.2 Å². The van der Waals surface area contributed by atoms with E-state index in [1.54, 1.807) is 0 Å². The largest absolute Gasteiger partial charge is 0.493 e. The van der Waals surface area contributed by atoms with Crippen molar-refractivity contribution in [3.63, 3.8) is 0 Å². The molecule has 0 amide bonds. The van der Waals surface area contributed by atoms with Crippen LogP contribution in [0.25, 0.3) is 0 Å². The number of hydrogen-bond donors (Lipinski definition) is 1. The number of ether oxygens (including phenoxy) is 2. The highest BCUT2D eigenvalue weighted by Crippen LogP contribution is 2.43. The molecule has 1 aromatic carbocycles. The minimum Gasteiger partial charge on any atom is -0.493 e. The van der Waals surface area contributed by atoms with E-state index in [9.17, 15) is 0 Å². The molecule has 0 radical (unpaired) electrons. The third kappa shape index (κ3) is 2.23. The lowest BCUT2D eigenvalue weighted by molar-refractivity contribution is -0.0999. The third-order valence-electron chi connectivity index (χ3n) is 5.13. The molecule has 0 aromatic heterocycles. The molecule has 0 bridgehead atoms. The minimum atomic E-state index is 0.211. The summed E-state index contributed by atoms with van der Waals surface area (Å²) in [5, 5.41) is 3.76. The molecule has 1 aromatic rings. The van der Waals surface area contributed by atoms with Crippen LogP contribution in [0.5, 0.6) is 5.75 Å². The number of nitrogens with one attached hydrogen (secondary N) is 1. The zero-order chi connectivity index (χ0) is 14.3. The topological polar surface area (TPSA) is 30.5 Å². The van der Waals surface area contributed by atoms with Crippen LogP contribution in [-0.4, -0.2) is 25.9 Å². The Balaban J connectivity index is 1.67. The van der Waals surface area contributed by atoms with E-state index >= 15 is 0 Å². The Morgan fingerprint density at radius 2 is 2.20 bits per heavy atom. The first kappa shape index (κ1) is 13.9. The third-order valence-corrected chi connectivity index (χ3v) is 5.13. The van der Waals surface area contributed by atoms with Crippen molar-refractivity contribution in [2.24, 2.45) is 5.41 Å². The number of methoxy groups -OCH3 is 1. The predicted octanol–water partition coefficient (Wildman–Crippen LogP) is 3.09. The Bertz CT molecular complexity index is 498. The lowest BCUT2D eigenvalue weighted by Crippen LogP contribution is -2.60. The summed E-state index contributed by atoms with van der Waals surface area (Å²) in [6.45, 7) is 7.64. The van der Waals surface area contributed by atoms with Crippen molar-refractivity contribution >= 4 is 0 Å². The summed E-state index contributed by atoms with van der Waals surface area (Å²) in [5.74, 6) is 1.06. The molecule has 1 fully saturated rings. The van der Waals surface area contributed by atoms with Gasteiger partial charge in [0.15, 0.2) is 0 Å². The van der Waals surface area contributed by atoms with Crippen molar-refractivity contribution in [2.75, 3.05) is 13.7 Å². The van der Waals surface area contributed by atoms with Crippen LogP contribution in [0.3, 0.4) is 0 Å². The van der Waals surface area contributed by atoms with Crippen molar-refractivity contribution < 1.29 is 9.47 Å². The molecule has 3 rings (SSSR count). The van der Waals surface area contributed by atoms with Gasteiger partial charge in [0.05, 0.1) is 12.7 Å². The average Bonchev–Trinajstić information content (AvgIpc) is 2.89. The summed E-state index contributed by atoms with van der Waals surface area (Å²) in [5.41, 5.74) is 2.91. The highest BCUT2D eigenvalue weighted by molar-refractivity contribution is 5.40. The van der Waals surface area contributed by atoms with Gasteiger partial charge in [0, 0.05) is 31.0 Å². The van der Waals surface area contributed by atoms with Gasteiger partial charge in [-0.25, -0.2) is 0 Å². The van der Waals surface area contributed by atoms with E-state index in [-0.39, 0.29) is 5.41 Å². The van der Waals surface area contributed by atoms with Crippen molar-refractivity contribution in [3.05, 3.63) is 29.3 Å². The zero-order valence-corrected chi connectivity index (χ0v) is 12.9. The molecule has 0 spiro atoms. The Morgan fingerprint density at radius 3 is 2.90 bits per heavy atom. The normalized spacial score (nSPS) is 28.4. The maximum Gasteiger partial charge on any atom is 0.122 e. The lowest BCUT2D eigenvalue weighted by Gasteiger charge is -2.52. The number of rotatable bonds is 4. The van der Waals surface area contributed by atoms with Crippen LogP contribution in [0.4, 0.5) is 0 Å². The lowest BCUT2D eigenvalue weighted by atomic mass is 9.64. The minimum absolute atomic E-state index is 0.211. The van der Waals surface area contributed by atoms with E-state index in [2.05, 4.69) is 44.3 Å². The van der Waals surface area contributed by atoms with E-state index in [4.69, 9.17) is 9.47 Å². The molecule has 20 heavy (non-hydrogen) atoms. The molecular formula is C17H25NO2. The molecule has 1 heterocycles. The Hall–Kier alpha value is -1.06. The smallest absolute Gasteiger partial charge is 0.122 e. The van der Waals surface area contributed by atoms with Crippen molar-refractivity contribution in [3.8, 4) is 5.75 Å². The van der Waals surface area contributed by atoms with Gasteiger partial charge in [-0.1, -0.05) is 26.0 Å². The van der Waals surface area contributed by atoms with Gasteiger partial charge in [0.2, 0.25) is 0 Å². The van der Waals surface area contributed by atoms with Gasteiger partial charge in [-0.2, -0.15) is 0 Å². The summed E-state index contributed by atoms with van der Waals surface area (Å²) in [6.07, 6.45) is 2.51. The highest BCUT2D eigenvalue weighted by atomic mass is 16.5. The molecule has 1 saturated carbocycles. The van der Waals surface area contributed by atoms with Crippen molar-refractivity contribution in [2.45, 2.75) is 51.8 Å². The van der Waals surface area contributed by atoms with Gasteiger partial charge >= 0.3 is 0 Å². The molecule has 3 heteroatoms. The summed E-state index contributed by atoms with van der Waals surface area (Å²) in [6, 6.07) is 7.47. The molecule has 3 unspecified atom stereocenters. The summed E-state index contributed by atoms with van der Waals surface area (Å²) in [7, 11) is 1.81. The summed E-state index contributed by atoms with van der Waals surface area (Å²) < 4.78 is 11.1. The Morgan fingerprint density at radius 1 is 1.40 bits per heavy atom. The van der Waals surface area contributed by atoms with Crippen molar-refractivity contribution in [1.82, 2.24) is 5.32 Å². The second-order valence-electron chi connectivity index (χ2n) is 6.69. The quantitative estimate of drug-likeness (QED) is 0.916. The second kappa shape index (κ2) is 5.05. The van der Waals surface area contributed by atoms with Gasteiger partial charge in [-0.05, 0) is 30.5 Å². The van der Waals surface area contributed by atoms with E-state index in [1.807, 2.05) is 7.11 Å². The molecule has 3 atom stereocenters. The molecule has 1 N–H and O–H groups in total. The van der Waals surface area contributed by atoms with E-state index in [1.165, 1.54) is 11.1 Å². The predicted molar refractivity (Wildman–Crippen MR) is 80.2 cm³/mol. The summed E-state index contributed by atoms with van der Waals surface area (Å²) in [4.78, 5) is 0. The van der Waals surface area contributed by atoms with Crippen molar-refractivity contribution in [1.29, 1.82) is 0 Å². The second-order valence-corrected chi connectivity index (χ2v) is 6.69. The Labute approximate surface area is 121 Å². The maximum absolute atomic E-state index is 5.57. The average molecular weight is 275 g/mol. The molecule has 1 aliphatic heterocycles. The first-order valence-electron chi connectivity index (χ1n) is 7.57. The number of fused-ring (bicyclic) bond motifs is 1. The van der Waals surface area contributed by atoms with Gasteiger partial charge in [-0.15, -0.1) is 0 Å². The molecule has 0 saturated heterocycles. The maximum atomic E-state index is 5.57. The molecule has 1 aliphatic carbocycles. The number of benzene rings is 1. The van der Waals surface area contributed by atoms with Crippen LogP contribution in [0.2, 0.25) is 0 Å². The molecule has 3 nitrogen and oxygen atoms in total. The SMILES string of the molecule is COC1CC(NC(C)c2ccc3c(c2)CCO3)C1(C)C. The van der Waals surface area contributed by atoms with Gasteiger partial charge in [0.1, 0.15) is 5.75 Å². The van der Waals surface area contributed by atoms with Crippen LogP contribution < -0.4 is 10.1 Å². The summed E-state index contributed by atoms with van der Waals surface area (Å²) >= 11 is 0. The fourth-order valence-electron chi connectivity index (χ4n) is 3.44. The molecule has 2 aliphatic rings. The number of hydrogen-bond acceptors (Lipinski definition) is 3. The molecular weight excluding hydrogens is 250 g/mol. The van der Waals surface area contributed by atoms with E-state index < -0.39 is 0 Å². The van der Waals surface area contributed by atoms with Gasteiger partial charge in [-0.3, -0.25) is 0 Å². The fourth-order valence-corrected chi connectivity index (χ4v) is 3.44. The van der Waals surface area contributed by atoms with Gasteiger partial charge in [0.25, 0.3) is 0 Å². The molecule has 110 valence electrons. The van der Waals surface area contributed by atoms with Crippen LogP contribution in [0, 0.1) is 5.41 Å². The van der Waals surface area contributed by atoms with E-state index in [0.29, 0.717) is 18.2 Å². The first-order chi connectivity index (χ1) is 9.52.